The second-order valence-corrected chi connectivity index (χ2v) is 7.22. The van der Waals surface area contributed by atoms with Gasteiger partial charge in [0.05, 0.1) is 5.25 Å². The first-order chi connectivity index (χ1) is 12.4. The van der Waals surface area contributed by atoms with E-state index in [0.29, 0.717) is 16.8 Å². The lowest BCUT2D eigenvalue weighted by Crippen LogP contribution is -2.22. The Morgan fingerprint density at radius 2 is 1.85 bits per heavy atom. The van der Waals surface area contributed by atoms with Gasteiger partial charge in [0.2, 0.25) is 11.8 Å². The summed E-state index contributed by atoms with van der Waals surface area (Å²) in [7, 11) is 0. The van der Waals surface area contributed by atoms with Gasteiger partial charge in [-0.25, -0.2) is 4.39 Å². The molecule has 134 valence electrons. The first kappa shape index (κ1) is 18.1. The predicted molar refractivity (Wildman–Crippen MR) is 99.6 cm³/mol. The van der Waals surface area contributed by atoms with Crippen LogP contribution in [0.3, 0.4) is 0 Å². The number of anilines is 1. The third-order valence-corrected chi connectivity index (χ3v) is 4.85. The van der Waals surface area contributed by atoms with E-state index in [9.17, 15) is 9.18 Å². The fourth-order valence-corrected chi connectivity index (χ4v) is 2.91. The first-order valence-electron chi connectivity index (χ1n) is 8.06. The zero-order chi connectivity index (χ0) is 18.7. The van der Waals surface area contributed by atoms with Crippen LogP contribution in [0.15, 0.2) is 52.1 Å². The highest BCUT2D eigenvalue weighted by molar-refractivity contribution is 8.00. The Bertz CT molecular complexity index is 925. The summed E-state index contributed by atoms with van der Waals surface area (Å²) in [4.78, 5) is 12.2. The maximum Gasteiger partial charge on any atom is 0.277 e. The molecule has 1 atom stereocenters. The number of carbonyl (C=O) groups is 1. The minimum atomic E-state index is -0.451. The maximum absolute atomic E-state index is 12.9. The van der Waals surface area contributed by atoms with Crippen LogP contribution < -0.4 is 5.32 Å². The minimum absolute atomic E-state index is 0.229. The van der Waals surface area contributed by atoms with E-state index in [2.05, 4.69) is 15.5 Å². The monoisotopic (exact) mass is 371 g/mol. The summed E-state index contributed by atoms with van der Waals surface area (Å²) in [5, 5.41) is 10.6. The Labute approximate surface area is 155 Å². The molecule has 0 radical (unpaired) electrons. The van der Waals surface area contributed by atoms with Crippen LogP contribution in [0.25, 0.3) is 11.5 Å². The summed E-state index contributed by atoms with van der Waals surface area (Å²) in [6, 6.07) is 11.5. The second-order valence-electron chi connectivity index (χ2n) is 5.93. The number of amides is 1. The quantitative estimate of drug-likeness (QED) is 0.663. The van der Waals surface area contributed by atoms with Crippen LogP contribution in [-0.4, -0.2) is 21.4 Å². The van der Waals surface area contributed by atoms with Crippen LogP contribution in [0, 0.1) is 19.7 Å². The van der Waals surface area contributed by atoms with E-state index in [1.54, 1.807) is 6.92 Å². The van der Waals surface area contributed by atoms with Gasteiger partial charge in [-0.2, -0.15) is 0 Å². The number of carbonyl (C=O) groups excluding carboxylic acids is 1. The standard InChI is InChI=1S/C19H18FN3O2S/c1-11-4-5-14(10-12(11)2)18-22-23-19(25-18)26-13(3)17(24)21-16-8-6-15(20)7-9-16/h4-10,13H,1-3H3,(H,21,24)/t13-/m1/s1. The Balaban J connectivity index is 1.65. The summed E-state index contributed by atoms with van der Waals surface area (Å²) >= 11 is 1.17. The van der Waals surface area contributed by atoms with Gasteiger partial charge in [0.1, 0.15) is 5.82 Å². The normalized spacial score (nSPS) is 12.0. The number of nitrogens with one attached hydrogen (secondary N) is 1. The number of halogens is 1. The number of aromatic nitrogens is 2. The highest BCUT2D eigenvalue weighted by Gasteiger charge is 2.19. The molecule has 0 aliphatic rings. The summed E-state index contributed by atoms with van der Waals surface area (Å²) in [5.41, 5.74) is 3.71. The molecule has 0 fully saturated rings. The van der Waals surface area contributed by atoms with Gasteiger partial charge in [0.15, 0.2) is 0 Å². The van der Waals surface area contributed by atoms with Crippen LogP contribution in [0.4, 0.5) is 10.1 Å². The number of hydrogen-bond acceptors (Lipinski definition) is 5. The van der Waals surface area contributed by atoms with E-state index in [4.69, 9.17) is 4.42 Å². The van der Waals surface area contributed by atoms with Crippen molar-refractivity contribution in [2.24, 2.45) is 0 Å². The van der Waals surface area contributed by atoms with Crippen molar-refractivity contribution in [1.82, 2.24) is 10.2 Å². The third kappa shape index (κ3) is 4.29. The molecule has 3 rings (SSSR count). The van der Waals surface area contributed by atoms with Gasteiger partial charge < -0.3 is 9.73 Å². The van der Waals surface area contributed by atoms with Crippen molar-refractivity contribution in [3.8, 4) is 11.5 Å². The van der Waals surface area contributed by atoms with Gasteiger partial charge >= 0.3 is 0 Å². The molecular weight excluding hydrogens is 353 g/mol. The first-order valence-corrected chi connectivity index (χ1v) is 8.94. The molecule has 1 aromatic heterocycles. The van der Waals surface area contributed by atoms with Crippen LogP contribution in [0.1, 0.15) is 18.1 Å². The van der Waals surface area contributed by atoms with E-state index < -0.39 is 5.25 Å². The van der Waals surface area contributed by atoms with E-state index in [0.717, 1.165) is 11.1 Å². The fourth-order valence-electron chi connectivity index (χ4n) is 2.23. The van der Waals surface area contributed by atoms with Crippen molar-refractivity contribution in [2.45, 2.75) is 31.2 Å². The predicted octanol–water partition coefficient (Wildman–Crippen LogP) is 4.61. The Hall–Kier alpha value is -2.67. The SMILES string of the molecule is Cc1ccc(-c2nnc(S[C@H](C)C(=O)Nc3ccc(F)cc3)o2)cc1C. The van der Waals surface area contributed by atoms with Crippen LogP contribution in [-0.2, 0) is 4.79 Å². The molecule has 1 amide bonds. The van der Waals surface area contributed by atoms with Gasteiger partial charge in [-0.15, -0.1) is 10.2 Å². The summed E-state index contributed by atoms with van der Waals surface area (Å²) < 4.78 is 18.6. The molecule has 0 spiro atoms. The minimum Gasteiger partial charge on any atom is -0.411 e. The lowest BCUT2D eigenvalue weighted by molar-refractivity contribution is -0.115. The molecule has 0 aliphatic carbocycles. The number of benzene rings is 2. The van der Waals surface area contributed by atoms with Gasteiger partial charge in [-0.05, 0) is 68.3 Å². The fraction of sp³-hybridized carbons (Fsp3) is 0.211. The van der Waals surface area contributed by atoms with Crippen LogP contribution in [0.5, 0.6) is 0 Å². The maximum atomic E-state index is 12.9. The zero-order valence-corrected chi connectivity index (χ0v) is 15.4. The molecule has 0 aliphatic heterocycles. The van der Waals surface area contributed by atoms with Crippen LogP contribution >= 0.6 is 11.8 Å². The van der Waals surface area contributed by atoms with E-state index >= 15 is 0 Å². The average molecular weight is 371 g/mol. The van der Waals surface area contributed by atoms with E-state index in [1.165, 1.54) is 41.6 Å². The molecule has 1 heterocycles. The Morgan fingerprint density at radius 1 is 1.12 bits per heavy atom. The molecule has 7 heteroatoms. The average Bonchev–Trinajstić information content (AvgIpc) is 3.07. The summed E-state index contributed by atoms with van der Waals surface area (Å²) in [6.45, 7) is 5.80. The molecule has 5 nitrogen and oxygen atoms in total. The largest absolute Gasteiger partial charge is 0.411 e. The summed E-state index contributed by atoms with van der Waals surface area (Å²) in [6.07, 6.45) is 0. The molecule has 26 heavy (non-hydrogen) atoms. The molecule has 1 N–H and O–H groups in total. The number of thioether (sulfide) groups is 1. The Kier molecular flexibility index (Phi) is 5.37. The number of aryl methyl sites for hydroxylation is 2. The van der Waals surface area contributed by atoms with Crippen LogP contribution in [0.2, 0.25) is 0 Å². The van der Waals surface area contributed by atoms with Gasteiger partial charge in [-0.3, -0.25) is 4.79 Å². The topological polar surface area (TPSA) is 68.0 Å². The number of hydrogen-bond donors (Lipinski definition) is 1. The Morgan fingerprint density at radius 3 is 2.54 bits per heavy atom. The van der Waals surface area contributed by atoms with Gasteiger partial charge in [-0.1, -0.05) is 17.8 Å². The van der Waals surface area contributed by atoms with E-state index in [1.807, 2.05) is 32.0 Å². The van der Waals surface area contributed by atoms with Crippen molar-refractivity contribution in [1.29, 1.82) is 0 Å². The highest BCUT2D eigenvalue weighted by Crippen LogP contribution is 2.27. The summed E-state index contributed by atoms with van der Waals surface area (Å²) in [5.74, 6) is -0.163. The molecule has 2 aromatic carbocycles. The van der Waals surface area contributed by atoms with Crippen molar-refractivity contribution in [2.75, 3.05) is 5.32 Å². The zero-order valence-electron chi connectivity index (χ0n) is 14.6. The lowest BCUT2D eigenvalue weighted by atomic mass is 10.1. The molecule has 0 saturated carbocycles. The molecule has 0 unspecified atom stereocenters. The van der Waals surface area contributed by atoms with Crippen molar-refractivity contribution in [3.05, 3.63) is 59.4 Å². The third-order valence-electron chi connectivity index (χ3n) is 3.92. The van der Waals surface area contributed by atoms with Gasteiger partial charge in [0.25, 0.3) is 5.22 Å². The number of nitrogens with zero attached hydrogens (tertiary/aromatic N) is 2. The smallest absolute Gasteiger partial charge is 0.277 e. The molecular formula is C19H18FN3O2S. The second kappa shape index (κ2) is 7.70. The molecule has 3 aromatic rings. The van der Waals surface area contributed by atoms with Gasteiger partial charge in [0, 0.05) is 11.3 Å². The number of rotatable bonds is 5. The van der Waals surface area contributed by atoms with Crippen molar-refractivity contribution >= 4 is 23.4 Å². The highest BCUT2D eigenvalue weighted by atomic mass is 32.2. The van der Waals surface area contributed by atoms with Crippen molar-refractivity contribution in [3.63, 3.8) is 0 Å². The molecule has 0 saturated heterocycles. The van der Waals surface area contributed by atoms with E-state index in [-0.39, 0.29) is 11.7 Å². The van der Waals surface area contributed by atoms with Crippen molar-refractivity contribution < 1.29 is 13.6 Å². The lowest BCUT2D eigenvalue weighted by Gasteiger charge is -2.09. The molecule has 0 bridgehead atoms.